The highest BCUT2D eigenvalue weighted by Gasteiger charge is 2.08. The Hall–Kier alpha value is -2.33. The van der Waals surface area contributed by atoms with Crippen molar-refractivity contribution in [1.29, 1.82) is 0 Å². The number of nitrogens with zero attached hydrogens (tertiary/aromatic N) is 1. The number of carboxylic acids is 1. The number of piperazine rings is 1. The fourth-order valence-electron chi connectivity index (χ4n) is 2.14. The summed E-state index contributed by atoms with van der Waals surface area (Å²) in [5.74, 6) is -0.879. The van der Waals surface area contributed by atoms with Crippen LogP contribution in [0.3, 0.4) is 0 Å². The fourth-order valence-corrected chi connectivity index (χ4v) is 2.14. The van der Waals surface area contributed by atoms with Crippen LogP contribution in [0.4, 0.5) is 5.69 Å². The summed E-state index contributed by atoms with van der Waals surface area (Å²) in [5.41, 5.74) is 1.68. The molecule has 4 nitrogen and oxygen atoms in total. The summed E-state index contributed by atoms with van der Waals surface area (Å²) in [6.45, 7) is 4.47. The minimum Gasteiger partial charge on any atom is -0.478 e. The Bertz CT molecular complexity index is 537. The van der Waals surface area contributed by atoms with E-state index in [0.717, 1.165) is 26.2 Å². The minimum absolute atomic E-state index is 0.331. The van der Waals surface area contributed by atoms with E-state index in [9.17, 15) is 4.79 Å². The highest BCUT2D eigenvalue weighted by atomic mass is 16.4. The summed E-state index contributed by atoms with van der Waals surface area (Å²) >= 11 is 0. The third kappa shape index (κ3) is 4.93. The molecule has 0 aromatic heterocycles. The van der Waals surface area contributed by atoms with Crippen LogP contribution < -0.4 is 10.2 Å². The van der Waals surface area contributed by atoms with Gasteiger partial charge in [0, 0.05) is 31.9 Å². The molecule has 2 aromatic rings. The summed E-state index contributed by atoms with van der Waals surface area (Å²) in [6, 6.07) is 18.9. The first-order valence-electron chi connectivity index (χ1n) is 7.06. The molecule has 1 aliphatic rings. The second-order valence-corrected chi connectivity index (χ2v) is 4.74. The summed E-state index contributed by atoms with van der Waals surface area (Å²) in [5, 5.41) is 11.7. The first kappa shape index (κ1) is 15.1. The van der Waals surface area contributed by atoms with Gasteiger partial charge in [-0.05, 0) is 24.3 Å². The Kier molecular flexibility index (Phi) is 5.79. The van der Waals surface area contributed by atoms with Crippen LogP contribution in [-0.4, -0.2) is 37.3 Å². The molecule has 0 aliphatic carbocycles. The van der Waals surface area contributed by atoms with E-state index in [-0.39, 0.29) is 0 Å². The van der Waals surface area contributed by atoms with Crippen molar-refractivity contribution in [3.05, 3.63) is 66.2 Å². The number of para-hydroxylation sites is 1. The summed E-state index contributed by atoms with van der Waals surface area (Å²) in [7, 11) is 0. The number of carboxylic acid groups (broad SMARTS) is 1. The second-order valence-electron chi connectivity index (χ2n) is 4.74. The number of hydrogen-bond donors (Lipinski definition) is 2. The zero-order chi connectivity index (χ0) is 14.9. The molecule has 2 aromatic carbocycles. The van der Waals surface area contributed by atoms with Gasteiger partial charge >= 0.3 is 5.97 Å². The average Bonchev–Trinajstić information content (AvgIpc) is 2.58. The zero-order valence-corrected chi connectivity index (χ0v) is 11.9. The maximum atomic E-state index is 10.2. The van der Waals surface area contributed by atoms with Gasteiger partial charge in [-0.1, -0.05) is 36.4 Å². The van der Waals surface area contributed by atoms with Crippen molar-refractivity contribution in [1.82, 2.24) is 5.32 Å². The van der Waals surface area contributed by atoms with Crippen molar-refractivity contribution in [2.75, 3.05) is 31.1 Å². The van der Waals surface area contributed by atoms with Crippen LogP contribution in [-0.2, 0) is 0 Å². The quantitative estimate of drug-likeness (QED) is 0.889. The van der Waals surface area contributed by atoms with Crippen molar-refractivity contribution in [3.63, 3.8) is 0 Å². The summed E-state index contributed by atoms with van der Waals surface area (Å²) in [6.07, 6.45) is 0. The number of carbonyl (C=O) groups is 1. The Morgan fingerprint density at radius 1 is 0.905 bits per heavy atom. The molecule has 1 heterocycles. The molecule has 1 aliphatic heterocycles. The minimum atomic E-state index is -0.879. The lowest BCUT2D eigenvalue weighted by Gasteiger charge is -2.29. The molecule has 0 unspecified atom stereocenters. The average molecular weight is 284 g/mol. The van der Waals surface area contributed by atoms with Gasteiger partial charge in [-0.25, -0.2) is 4.79 Å². The molecule has 4 heteroatoms. The molecule has 0 atom stereocenters. The van der Waals surface area contributed by atoms with Crippen molar-refractivity contribution >= 4 is 11.7 Å². The number of benzene rings is 2. The van der Waals surface area contributed by atoms with E-state index in [0.29, 0.717) is 5.56 Å². The third-order valence-electron chi connectivity index (χ3n) is 3.26. The van der Waals surface area contributed by atoms with Crippen LogP contribution in [0.25, 0.3) is 0 Å². The Morgan fingerprint density at radius 2 is 1.43 bits per heavy atom. The molecule has 0 radical (unpaired) electrons. The van der Waals surface area contributed by atoms with Crippen molar-refractivity contribution in [2.45, 2.75) is 0 Å². The van der Waals surface area contributed by atoms with Crippen molar-refractivity contribution < 1.29 is 9.90 Å². The van der Waals surface area contributed by atoms with Gasteiger partial charge in [-0.2, -0.15) is 0 Å². The van der Waals surface area contributed by atoms with Gasteiger partial charge in [0.05, 0.1) is 5.56 Å². The zero-order valence-electron chi connectivity index (χ0n) is 11.9. The highest BCUT2D eigenvalue weighted by molar-refractivity contribution is 5.87. The van der Waals surface area contributed by atoms with Crippen LogP contribution in [0.15, 0.2) is 60.7 Å². The van der Waals surface area contributed by atoms with Gasteiger partial charge in [-0.15, -0.1) is 0 Å². The van der Waals surface area contributed by atoms with Gasteiger partial charge in [0.15, 0.2) is 0 Å². The normalized spacial score (nSPS) is 14.0. The predicted octanol–water partition coefficient (Wildman–Crippen LogP) is 2.48. The number of aromatic carboxylic acids is 1. The van der Waals surface area contributed by atoms with E-state index >= 15 is 0 Å². The van der Waals surface area contributed by atoms with E-state index < -0.39 is 5.97 Å². The lowest BCUT2D eigenvalue weighted by Crippen LogP contribution is -2.43. The molecule has 1 fully saturated rings. The topological polar surface area (TPSA) is 52.6 Å². The number of hydrogen-bond acceptors (Lipinski definition) is 3. The molecule has 1 saturated heterocycles. The Balaban J connectivity index is 0.000000161. The predicted molar refractivity (Wildman–Crippen MR) is 84.9 cm³/mol. The standard InChI is InChI=1S/C10H14N2.C7H6O2/c1-2-4-10(5-3-1)12-8-6-11-7-9-12;8-7(9)6-4-2-1-3-5-6/h1-5,11H,6-9H2;1-5H,(H,8,9). The van der Waals surface area contributed by atoms with Crippen molar-refractivity contribution in [3.8, 4) is 0 Å². The molecule has 0 spiro atoms. The van der Waals surface area contributed by atoms with Gasteiger partial charge in [0.25, 0.3) is 0 Å². The SMILES string of the molecule is O=C(O)c1ccccc1.c1ccc(N2CCNCC2)cc1. The molecule has 3 rings (SSSR count). The van der Waals surface area contributed by atoms with E-state index in [2.05, 4.69) is 40.5 Å². The van der Waals surface area contributed by atoms with E-state index in [1.54, 1.807) is 30.3 Å². The van der Waals surface area contributed by atoms with Gasteiger partial charge in [0.1, 0.15) is 0 Å². The van der Waals surface area contributed by atoms with Crippen LogP contribution >= 0.6 is 0 Å². The molecule has 0 saturated carbocycles. The molecule has 0 bridgehead atoms. The molecule has 0 amide bonds. The van der Waals surface area contributed by atoms with Crippen LogP contribution in [0, 0.1) is 0 Å². The largest absolute Gasteiger partial charge is 0.478 e. The van der Waals surface area contributed by atoms with E-state index in [4.69, 9.17) is 5.11 Å². The smallest absolute Gasteiger partial charge is 0.335 e. The van der Waals surface area contributed by atoms with Gasteiger partial charge < -0.3 is 15.3 Å². The van der Waals surface area contributed by atoms with Crippen LogP contribution in [0.1, 0.15) is 10.4 Å². The lowest BCUT2D eigenvalue weighted by atomic mass is 10.2. The summed E-state index contributed by atoms with van der Waals surface area (Å²) in [4.78, 5) is 12.6. The Labute approximate surface area is 125 Å². The number of rotatable bonds is 2. The molecule has 2 N–H and O–H groups in total. The summed E-state index contributed by atoms with van der Waals surface area (Å²) < 4.78 is 0. The van der Waals surface area contributed by atoms with Gasteiger partial charge in [0.2, 0.25) is 0 Å². The maximum absolute atomic E-state index is 10.2. The first-order valence-corrected chi connectivity index (χ1v) is 7.06. The number of anilines is 1. The lowest BCUT2D eigenvalue weighted by molar-refractivity contribution is 0.0697. The molecule has 110 valence electrons. The molecule has 21 heavy (non-hydrogen) atoms. The highest BCUT2D eigenvalue weighted by Crippen LogP contribution is 2.12. The number of nitrogens with one attached hydrogen (secondary N) is 1. The van der Waals surface area contributed by atoms with Crippen molar-refractivity contribution in [2.24, 2.45) is 0 Å². The van der Waals surface area contributed by atoms with E-state index in [1.165, 1.54) is 5.69 Å². The maximum Gasteiger partial charge on any atom is 0.335 e. The van der Waals surface area contributed by atoms with Gasteiger partial charge in [-0.3, -0.25) is 0 Å². The monoisotopic (exact) mass is 284 g/mol. The molecular formula is C17H20N2O2. The van der Waals surface area contributed by atoms with E-state index in [1.807, 2.05) is 0 Å². The Morgan fingerprint density at radius 3 is 1.90 bits per heavy atom. The fraction of sp³-hybridized carbons (Fsp3) is 0.235. The first-order chi connectivity index (χ1) is 10.3. The van der Waals surface area contributed by atoms with Crippen LogP contribution in [0.5, 0.6) is 0 Å². The molecular weight excluding hydrogens is 264 g/mol. The second kappa shape index (κ2) is 8.07. The third-order valence-corrected chi connectivity index (χ3v) is 3.26. The van der Waals surface area contributed by atoms with Crippen LogP contribution in [0.2, 0.25) is 0 Å².